The first-order valence-electron chi connectivity index (χ1n) is 8.82. The largest absolute Gasteiger partial charge is 0.351 e. The van der Waals surface area contributed by atoms with Crippen molar-refractivity contribution in [1.29, 1.82) is 0 Å². The summed E-state index contributed by atoms with van der Waals surface area (Å²) in [6.45, 7) is 2.79. The molecule has 3 N–H and O–H groups in total. The zero-order valence-corrected chi connectivity index (χ0v) is 14.0. The number of anilines is 1. The van der Waals surface area contributed by atoms with Crippen LogP contribution in [0, 0.1) is 5.92 Å². The van der Waals surface area contributed by atoms with Crippen LogP contribution in [-0.2, 0) is 4.79 Å². The maximum atomic E-state index is 12.0. The minimum absolute atomic E-state index is 0.0155. The molecule has 0 bridgehead atoms. The van der Waals surface area contributed by atoms with Gasteiger partial charge in [-0.1, -0.05) is 39.0 Å². The molecule has 6 nitrogen and oxygen atoms in total. The molecule has 2 rings (SSSR count). The number of unbranched alkanes of at least 4 members (excludes halogenated alkanes) is 2. The third kappa shape index (κ3) is 6.04. The van der Waals surface area contributed by atoms with Gasteiger partial charge in [0.15, 0.2) is 5.82 Å². The Balaban J connectivity index is 1.74. The molecule has 0 aliphatic heterocycles. The molecule has 0 saturated heterocycles. The number of rotatable bonds is 8. The van der Waals surface area contributed by atoms with E-state index in [1.54, 1.807) is 6.07 Å². The summed E-state index contributed by atoms with van der Waals surface area (Å²) in [5.41, 5.74) is 0.384. The number of carbonyl (C=O) groups is 2. The number of H-pyrrole nitrogens is 1. The standard InChI is InChI=1S/C17H28N4O2/c1-2-3-7-10-18-17(23)14-12-15(21-20-14)19-16(22)11-13-8-5-4-6-9-13/h12-13H,2-11H2,1H3,(H,18,23)(H2,19,20,21,22). The minimum Gasteiger partial charge on any atom is -0.351 e. The van der Waals surface area contributed by atoms with Crippen molar-refractivity contribution in [1.82, 2.24) is 15.5 Å². The summed E-state index contributed by atoms with van der Waals surface area (Å²) >= 11 is 0. The van der Waals surface area contributed by atoms with Gasteiger partial charge in [-0.3, -0.25) is 14.7 Å². The first-order chi connectivity index (χ1) is 11.2. The average Bonchev–Trinajstić information content (AvgIpc) is 3.00. The van der Waals surface area contributed by atoms with E-state index >= 15 is 0 Å². The zero-order valence-electron chi connectivity index (χ0n) is 14.0. The highest BCUT2D eigenvalue weighted by Gasteiger charge is 2.18. The fourth-order valence-electron chi connectivity index (χ4n) is 3.02. The van der Waals surface area contributed by atoms with Gasteiger partial charge in [-0.2, -0.15) is 5.10 Å². The van der Waals surface area contributed by atoms with E-state index in [2.05, 4.69) is 27.8 Å². The molecule has 0 radical (unpaired) electrons. The molecule has 0 atom stereocenters. The summed E-state index contributed by atoms with van der Waals surface area (Å²) in [5.74, 6) is 0.716. The predicted molar refractivity (Wildman–Crippen MR) is 90.3 cm³/mol. The highest BCUT2D eigenvalue weighted by Crippen LogP contribution is 2.26. The van der Waals surface area contributed by atoms with Crippen LogP contribution in [0.25, 0.3) is 0 Å². The first-order valence-corrected chi connectivity index (χ1v) is 8.82. The van der Waals surface area contributed by atoms with Crippen molar-refractivity contribution < 1.29 is 9.59 Å². The monoisotopic (exact) mass is 320 g/mol. The number of hydrogen-bond donors (Lipinski definition) is 3. The van der Waals surface area contributed by atoms with Gasteiger partial charge in [0.05, 0.1) is 0 Å². The highest BCUT2D eigenvalue weighted by atomic mass is 16.2. The maximum absolute atomic E-state index is 12.0. The Hall–Kier alpha value is -1.85. The molecule has 23 heavy (non-hydrogen) atoms. The summed E-state index contributed by atoms with van der Waals surface area (Å²) in [4.78, 5) is 24.0. The molecule has 1 heterocycles. The van der Waals surface area contributed by atoms with Crippen molar-refractivity contribution in [3.05, 3.63) is 11.8 Å². The second-order valence-electron chi connectivity index (χ2n) is 6.39. The number of amides is 2. The first kappa shape index (κ1) is 17.5. The topological polar surface area (TPSA) is 86.9 Å². The molecule has 0 spiro atoms. The number of nitrogens with zero attached hydrogens (tertiary/aromatic N) is 1. The smallest absolute Gasteiger partial charge is 0.269 e. The van der Waals surface area contributed by atoms with Gasteiger partial charge >= 0.3 is 0 Å². The molecule has 0 unspecified atom stereocenters. The molecule has 6 heteroatoms. The molecule has 1 saturated carbocycles. The zero-order chi connectivity index (χ0) is 16.5. The Bertz CT molecular complexity index is 506. The normalized spacial score (nSPS) is 15.3. The molecule has 128 valence electrons. The predicted octanol–water partition coefficient (Wildman–Crippen LogP) is 3.24. The molecule has 1 aromatic rings. The van der Waals surface area contributed by atoms with E-state index in [4.69, 9.17) is 0 Å². The minimum atomic E-state index is -0.179. The molecule has 0 aromatic carbocycles. The molecule has 1 aromatic heterocycles. The number of aromatic nitrogens is 2. The lowest BCUT2D eigenvalue weighted by Gasteiger charge is -2.20. The second kappa shape index (κ2) is 9.33. The van der Waals surface area contributed by atoms with Gasteiger partial charge < -0.3 is 10.6 Å². The van der Waals surface area contributed by atoms with E-state index in [1.165, 1.54) is 19.3 Å². The van der Waals surface area contributed by atoms with Crippen molar-refractivity contribution >= 4 is 17.6 Å². The number of hydrogen-bond acceptors (Lipinski definition) is 3. The molecular weight excluding hydrogens is 292 g/mol. The lowest BCUT2D eigenvalue weighted by atomic mass is 9.87. The van der Waals surface area contributed by atoms with Gasteiger partial charge in [0.1, 0.15) is 5.69 Å². The molecule has 1 fully saturated rings. The molecule has 1 aliphatic carbocycles. The number of aromatic amines is 1. The summed E-state index contributed by atoms with van der Waals surface area (Å²) in [7, 11) is 0. The fraction of sp³-hybridized carbons (Fsp3) is 0.706. The lowest BCUT2D eigenvalue weighted by molar-refractivity contribution is -0.117. The van der Waals surface area contributed by atoms with Gasteiger partial charge in [-0.15, -0.1) is 0 Å². The van der Waals surface area contributed by atoms with Crippen molar-refractivity contribution in [2.75, 3.05) is 11.9 Å². The molecular formula is C17H28N4O2. The van der Waals surface area contributed by atoms with Gasteiger partial charge in [0, 0.05) is 19.0 Å². The van der Waals surface area contributed by atoms with Crippen LogP contribution in [0.15, 0.2) is 6.07 Å². The highest BCUT2D eigenvalue weighted by molar-refractivity contribution is 5.95. The van der Waals surface area contributed by atoms with Crippen LogP contribution in [-0.4, -0.2) is 28.6 Å². The van der Waals surface area contributed by atoms with Gasteiger partial charge in [0.25, 0.3) is 5.91 Å². The van der Waals surface area contributed by atoms with Crippen LogP contribution in [0.2, 0.25) is 0 Å². The van der Waals surface area contributed by atoms with E-state index in [0.717, 1.165) is 32.1 Å². The summed E-state index contributed by atoms with van der Waals surface area (Å²) < 4.78 is 0. The Morgan fingerprint density at radius 3 is 2.78 bits per heavy atom. The van der Waals surface area contributed by atoms with Crippen LogP contribution >= 0.6 is 0 Å². The summed E-state index contributed by atoms with van der Waals surface area (Å²) in [6.07, 6.45) is 9.76. The third-order valence-electron chi connectivity index (χ3n) is 4.35. The Morgan fingerprint density at radius 1 is 1.26 bits per heavy atom. The maximum Gasteiger partial charge on any atom is 0.269 e. The van der Waals surface area contributed by atoms with Crippen LogP contribution in [0.3, 0.4) is 0 Å². The van der Waals surface area contributed by atoms with E-state index in [-0.39, 0.29) is 11.8 Å². The van der Waals surface area contributed by atoms with E-state index < -0.39 is 0 Å². The van der Waals surface area contributed by atoms with Gasteiger partial charge in [-0.25, -0.2) is 0 Å². The fourth-order valence-corrected chi connectivity index (χ4v) is 3.02. The van der Waals surface area contributed by atoms with E-state index in [0.29, 0.717) is 30.4 Å². The van der Waals surface area contributed by atoms with E-state index in [1.807, 2.05) is 0 Å². The third-order valence-corrected chi connectivity index (χ3v) is 4.35. The van der Waals surface area contributed by atoms with Gasteiger partial charge in [-0.05, 0) is 25.2 Å². The van der Waals surface area contributed by atoms with E-state index in [9.17, 15) is 9.59 Å². The second-order valence-corrected chi connectivity index (χ2v) is 6.39. The van der Waals surface area contributed by atoms with Gasteiger partial charge in [0.2, 0.25) is 5.91 Å². The van der Waals surface area contributed by atoms with Crippen LogP contribution < -0.4 is 10.6 Å². The van der Waals surface area contributed by atoms with Crippen molar-refractivity contribution in [3.63, 3.8) is 0 Å². The Morgan fingerprint density at radius 2 is 2.04 bits per heavy atom. The quantitative estimate of drug-likeness (QED) is 0.643. The summed E-state index contributed by atoms with van der Waals surface area (Å²) in [6, 6.07) is 1.59. The van der Waals surface area contributed by atoms with Crippen LogP contribution in [0.1, 0.15) is 75.2 Å². The average molecular weight is 320 g/mol. The lowest BCUT2D eigenvalue weighted by Crippen LogP contribution is -2.24. The number of carbonyl (C=O) groups excluding carboxylic acids is 2. The molecule has 2 amide bonds. The summed E-state index contributed by atoms with van der Waals surface area (Å²) in [5, 5.41) is 12.3. The number of nitrogens with one attached hydrogen (secondary N) is 3. The van der Waals surface area contributed by atoms with Crippen molar-refractivity contribution in [2.45, 2.75) is 64.7 Å². The van der Waals surface area contributed by atoms with Crippen LogP contribution in [0.5, 0.6) is 0 Å². The Labute approximate surface area is 137 Å². The van der Waals surface area contributed by atoms with Crippen molar-refractivity contribution in [2.24, 2.45) is 5.92 Å². The van der Waals surface area contributed by atoms with Crippen molar-refractivity contribution in [3.8, 4) is 0 Å². The van der Waals surface area contributed by atoms with Crippen LogP contribution in [0.4, 0.5) is 5.82 Å². The SMILES string of the molecule is CCCCCNC(=O)c1cc(NC(=O)CC2CCCCC2)n[nH]1. The molecule has 1 aliphatic rings. The Kier molecular flexibility index (Phi) is 7.10.